The lowest BCUT2D eigenvalue weighted by atomic mass is 9.99. The largest absolute Gasteiger partial charge is 0.394 e. The van der Waals surface area contributed by atoms with Crippen LogP contribution >= 0.6 is 0 Å². The number of rotatable bonds is 4. The molecule has 2 heterocycles. The summed E-state index contributed by atoms with van der Waals surface area (Å²) in [5.74, 6) is 0.187. The zero-order valence-corrected chi connectivity index (χ0v) is 12.7. The van der Waals surface area contributed by atoms with Crippen LogP contribution in [-0.4, -0.2) is 59.9 Å². The molecule has 2 unspecified atom stereocenters. The number of nitrogens with one attached hydrogen (secondary N) is 1. The summed E-state index contributed by atoms with van der Waals surface area (Å²) in [7, 11) is 0. The molecule has 2 atom stereocenters. The number of aliphatic hydroxyl groups is 1. The first-order valence-corrected chi connectivity index (χ1v) is 7.80. The van der Waals surface area contributed by atoms with E-state index >= 15 is 0 Å². The van der Waals surface area contributed by atoms with Crippen LogP contribution in [0.25, 0.3) is 0 Å². The molecule has 20 heavy (non-hydrogen) atoms. The number of ether oxygens (including phenoxy) is 1. The van der Waals surface area contributed by atoms with Gasteiger partial charge in [-0.2, -0.15) is 0 Å². The highest BCUT2D eigenvalue weighted by atomic mass is 16.5. The zero-order chi connectivity index (χ0) is 14.6. The minimum atomic E-state index is -0.371. The van der Waals surface area contributed by atoms with Gasteiger partial charge in [0.05, 0.1) is 18.3 Å². The van der Waals surface area contributed by atoms with Gasteiger partial charge < -0.3 is 20.1 Å². The van der Waals surface area contributed by atoms with E-state index in [1.165, 1.54) is 19.3 Å². The van der Waals surface area contributed by atoms with Crippen molar-refractivity contribution in [2.75, 3.05) is 26.2 Å². The van der Waals surface area contributed by atoms with Crippen LogP contribution in [0.2, 0.25) is 0 Å². The number of hydrogen-bond acceptors (Lipinski definition) is 4. The Morgan fingerprint density at radius 2 is 2.25 bits per heavy atom. The third-order valence-electron chi connectivity index (χ3n) is 4.16. The number of amides is 1. The highest BCUT2D eigenvalue weighted by molar-refractivity contribution is 5.76. The van der Waals surface area contributed by atoms with Crippen LogP contribution in [0.5, 0.6) is 0 Å². The molecular formula is C15H28N2O3. The van der Waals surface area contributed by atoms with Crippen molar-refractivity contribution in [1.82, 2.24) is 10.2 Å². The SMILES string of the molecule is CC1(C)CN(C(=O)CCC2CCCCN2)CC(CO)O1. The van der Waals surface area contributed by atoms with Gasteiger partial charge in [-0.25, -0.2) is 0 Å². The molecule has 0 spiro atoms. The number of nitrogens with zero attached hydrogens (tertiary/aromatic N) is 1. The van der Waals surface area contributed by atoms with Crippen LogP contribution < -0.4 is 5.32 Å². The van der Waals surface area contributed by atoms with Gasteiger partial charge in [0.15, 0.2) is 0 Å². The zero-order valence-electron chi connectivity index (χ0n) is 12.7. The average molecular weight is 284 g/mol. The highest BCUT2D eigenvalue weighted by Gasteiger charge is 2.35. The van der Waals surface area contributed by atoms with Gasteiger partial charge in [0.2, 0.25) is 5.91 Å². The Balaban J connectivity index is 1.81. The van der Waals surface area contributed by atoms with Crippen molar-refractivity contribution < 1.29 is 14.6 Å². The van der Waals surface area contributed by atoms with Gasteiger partial charge in [0.1, 0.15) is 0 Å². The van der Waals surface area contributed by atoms with Crippen LogP contribution in [0.1, 0.15) is 46.0 Å². The molecule has 2 saturated heterocycles. The van der Waals surface area contributed by atoms with Crippen LogP contribution in [0.15, 0.2) is 0 Å². The quantitative estimate of drug-likeness (QED) is 0.805. The van der Waals surface area contributed by atoms with Gasteiger partial charge in [0, 0.05) is 25.6 Å². The average Bonchev–Trinajstić information content (AvgIpc) is 2.44. The fourth-order valence-electron chi connectivity index (χ4n) is 3.21. The molecule has 2 aliphatic rings. The second kappa shape index (κ2) is 6.87. The van der Waals surface area contributed by atoms with Crippen molar-refractivity contribution >= 4 is 5.91 Å². The molecule has 0 aromatic rings. The van der Waals surface area contributed by atoms with Crippen LogP contribution in [0, 0.1) is 0 Å². The van der Waals surface area contributed by atoms with Gasteiger partial charge in [-0.1, -0.05) is 6.42 Å². The molecule has 0 aromatic carbocycles. The van der Waals surface area contributed by atoms with E-state index < -0.39 is 0 Å². The topological polar surface area (TPSA) is 61.8 Å². The van der Waals surface area contributed by atoms with E-state index in [0.717, 1.165) is 13.0 Å². The van der Waals surface area contributed by atoms with E-state index in [2.05, 4.69) is 5.32 Å². The summed E-state index contributed by atoms with van der Waals surface area (Å²) >= 11 is 0. The van der Waals surface area contributed by atoms with Gasteiger partial charge in [-0.3, -0.25) is 4.79 Å². The molecule has 5 nitrogen and oxygen atoms in total. The fraction of sp³-hybridized carbons (Fsp3) is 0.933. The van der Waals surface area contributed by atoms with Crippen LogP contribution in [-0.2, 0) is 9.53 Å². The predicted octanol–water partition coefficient (Wildman–Crippen LogP) is 0.907. The van der Waals surface area contributed by atoms with Crippen LogP contribution in [0.4, 0.5) is 0 Å². The van der Waals surface area contributed by atoms with Gasteiger partial charge in [-0.05, 0) is 39.7 Å². The van der Waals surface area contributed by atoms with Gasteiger partial charge in [0.25, 0.3) is 0 Å². The van der Waals surface area contributed by atoms with E-state index in [1.54, 1.807) is 0 Å². The van der Waals surface area contributed by atoms with E-state index in [-0.39, 0.29) is 24.2 Å². The molecule has 0 aromatic heterocycles. The Morgan fingerprint density at radius 3 is 2.90 bits per heavy atom. The standard InChI is InChI=1S/C15H28N2O3/c1-15(2)11-17(9-13(10-18)20-15)14(19)7-6-12-5-3-4-8-16-12/h12-13,16,18H,3-11H2,1-2H3. The second-order valence-electron chi connectivity index (χ2n) is 6.64. The lowest BCUT2D eigenvalue weighted by molar-refractivity contribution is -0.167. The highest BCUT2D eigenvalue weighted by Crippen LogP contribution is 2.22. The summed E-state index contributed by atoms with van der Waals surface area (Å²) < 4.78 is 5.74. The van der Waals surface area contributed by atoms with E-state index in [9.17, 15) is 9.90 Å². The lowest BCUT2D eigenvalue weighted by Crippen LogP contribution is -2.55. The fourth-order valence-corrected chi connectivity index (χ4v) is 3.21. The Hall–Kier alpha value is -0.650. The maximum Gasteiger partial charge on any atom is 0.222 e. The third kappa shape index (κ3) is 4.43. The molecule has 0 aliphatic carbocycles. The predicted molar refractivity (Wildman–Crippen MR) is 77.5 cm³/mol. The van der Waals surface area contributed by atoms with Crippen molar-refractivity contribution in [2.45, 2.75) is 63.7 Å². The number of morpholine rings is 1. The van der Waals surface area contributed by atoms with Crippen molar-refractivity contribution in [1.29, 1.82) is 0 Å². The number of aliphatic hydroxyl groups excluding tert-OH is 1. The number of hydrogen-bond donors (Lipinski definition) is 2. The smallest absolute Gasteiger partial charge is 0.222 e. The van der Waals surface area contributed by atoms with Gasteiger partial charge in [-0.15, -0.1) is 0 Å². The molecule has 2 N–H and O–H groups in total. The van der Waals surface area contributed by atoms with Crippen molar-refractivity contribution in [2.24, 2.45) is 0 Å². The number of carbonyl (C=O) groups excluding carboxylic acids is 1. The monoisotopic (exact) mass is 284 g/mol. The Morgan fingerprint density at radius 1 is 1.45 bits per heavy atom. The maximum absolute atomic E-state index is 12.4. The molecule has 2 aliphatic heterocycles. The minimum absolute atomic E-state index is 0.0304. The molecular weight excluding hydrogens is 256 g/mol. The van der Waals surface area contributed by atoms with Crippen LogP contribution in [0.3, 0.4) is 0 Å². The summed E-state index contributed by atoms with van der Waals surface area (Å²) in [4.78, 5) is 14.2. The second-order valence-corrected chi connectivity index (χ2v) is 6.64. The first-order chi connectivity index (χ1) is 9.50. The molecule has 2 fully saturated rings. The van der Waals surface area contributed by atoms with Crippen molar-refractivity contribution in [3.63, 3.8) is 0 Å². The normalized spacial score (nSPS) is 30.2. The first-order valence-electron chi connectivity index (χ1n) is 7.80. The summed E-state index contributed by atoms with van der Waals surface area (Å²) in [6.45, 7) is 6.11. The Bertz CT molecular complexity index is 327. The molecule has 2 rings (SSSR count). The van der Waals surface area contributed by atoms with Crippen molar-refractivity contribution in [3.05, 3.63) is 0 Å². The Kier molecular flexibility index (Phi) is 5.41. The molecule has 116 valence electrons. The van der Waals surface area contributed by atoms with E-state index in [4.69, 9.17) is 4.74 Å². The molecule has 0 saturated carbocycles. The summed E-state index contributed by atoms with van der Waals surface area (Å²) in [5, 5.41) is 12.8. The Labute approximate surface area is 121 Å². The van der Waals surface area contributed by atoms with Gasteiger partial charge >= 0.3 is 0 Å². The van der Waals surface area contributed by atoms with E-state index in [0.29, 0.717) is 25.6 Å². The molecule has 5 heteroatoms. The molecule has 0 bridgehead atoms. The maximum atomic E-state index is 12.4. The number of carbonyl (C=O) groups is 1. The summed E-state index contributed by atoms with van der Waals surface area (Å²) in [5.41, 5.74) is -0.371. The lowest BCUT2D eigenvalue weighted by Gasteiger charge is -2.42. The van der Waals surface area contributed by atoms with E-state index in [1.807, 2.05) is 18.7 Å². The summed E-state index contributed by atoms with van der Waals surface area (Å²) in [6, 6.07) is 0.496. The first kappa shape index (κ1) is 15.7. The minimum Gasteiger partial charge on any atom is -0.394 e. The number of piperidine rings is 1. The third-order valence-corrected chi connectivity index (χ3v) is 4.16. The van der Waals surface area contributed by atoms with Crippen molar-refractivity contribution in [3.8, 4) is 0 Å². The summed E-state index contributed by atoms with van der Waals surface area (Å²) in [6.07, 6.45) is 4.95. The molecule has 0 radical (unpaired) electrons. The molecule has 1 amide bonds.